The molecule has 0 unspecified atom stereocenters. The normalized spacial score (nSPS) is 13.4. The molecule has 0 radical (unpaired) electrons. The summed E-state index contributed by atoms with van der Waals surface area (Å²) in [5, 5.41) is 2.77. The maximum atomic E-state index is 2.32. The lowest BCUT2D eigenvalue weighted by atomic mass is 10.00. The Morgan fingerprint density at radius 3 is 2.72 bits per heavy atom. The van der Waals surface area contributed by atoms with Gasteiger partial charge in [0.05, 0.1) is 5.03 Å². The van der Waals surface area contributed by atoms with Gasteiger partial charge in [-0.3, -0.25) is 0 Å². The van der Waals surface area contributed by atoms with E-state index in [4.69, 9.17) is 0 Å². The van der Waals surface area contributed by atoms with E-state index in [1.165, 1.54) is 32.6 Å². The molecule has 1 aromatic heterocycles. The first-order valence-corrected chi connectivity index (χ1v) is 7.13. The molecule has 1 aliphatic rings. The molecule has 1 aliphatic heterocycles. The summed E-state index contributed by atoms with van der Waals surface area (Å²) in [4.78, 5) is 0. The topological polar surface area (TPSA) is 4.93 Å². The molecule has 1 nitrogen and oxygen atoms in total. The summed E-state index contributed by atoms with van der Waals surface area (Å²) in [5.74, 6) is 1.08. The van der Waals surface area contributed by atoms with Crippen LogP contribution in [0.15, 0.2) is 53.6 Å². The Balaban J connectivity index is 2.18. The number of hydrogen-bond acceptors (Lipinski definition) is 1. The maximum Gasteiger partial charge on any atom is 0.0839 e. The van der Waals surface area contributed by atoms with E-state index >= 15 is 0 Å². The van der Waals surface area contributed by atoms with Crippen LogP contribution in [0, 0.1) is 0 Å². The van der Waals surface area contributed by atoms with Crippen LogP contribution >= 0.6 is 11.8 Å². The van der Waals surface area contributed by atoms with E-state index in [0.717, 1.165) is 5.75 Å². The first-order valence-electron chi connectivity index (χ1n) is 6.15. The maximum absolute atomic E-state index is 2.32. The van der Waals surface area contributed by atoms with Gasteiger partial charge in [-0.25, -0.2) is 0 Å². The molecular formula is C16H13NS. The molecule has 0 aliphatic carbocycles. The third-order valence-electron chi connectivity index (χ3n) is 3.70. The van der Waals surface area contributed by atoms with Gasteiger partial charge < -0.3 is 4.57 Å². The molecule has 0 saturated carbocycles. The van der Waals surface area contributed by atoms with Gasteiger partial charge in [0.2, 0.25) is 0 Å². The van der Waals surface area contributed by atoms with Gasteiger partial charge in [0.15, 0.2) is 0 Å². The van der Waals surface area contributed by atoms with Crippen molar-refractivity contribution in [1.82, 2.24) is 4.57 Å². The largest absolute Gasteiger partial charge is 0.338 e. The van der Waals surface area contributed by atoms with E-state index < -0.39 is 0 Å². The van der Waals surface area contributed by atoms with Crippen molar-refractivity contribution in [3.8, 4) is 11.1 Å². The number of benzene rings is 2. The molecule has 2 heterocycles. The van der Waals surface area contributed by atoms with E-state index in [2.05, 4.69) is 60.1 Å². The monoisotopic (exact) mass is 251 g/mol. The standard InChI is InChI=1S/C16H13NS/c1-17-14-9-5-4-8-13(14)15-12-7-3-2-6-11(12)10-18-16(15)17/h2-9H,10H2,1H3. The second-order valence-corrected chi connectivity index (χ2v) is 5.67. The highest BCUT2D eigenvalue weighted by molar-refractivity contribution is 7.98. The van der Waals surface area contributed by atoms with Crippen molar-refractivity contribution in [3.63, 3.8) is 0 Å². The lowest BCUT2D eigenvalue weighted by molar-refractivity contribution is 0.862. The zero-order valence-corrected chi connectivity index (χ0v) is 11.0. The van der Waals surface area contributed by atoms with Crippen LogP contribution in [0.2, 0.25) is 0 Å². The smallest absolute Gasteiger partial charge is 0.0839 e. The lowest BCUT2D eigenvalue weighted by Crippen LogP contribution is -1.97. The Morgan fingerprint density at radius 2 is 1.78 bits per heavy atom. The molecule has 3 aromatic rings. The van der Waals surface area contributed by atoms with Crippen molar-refractivity contribution in [3.05, 3.63) is 54.1 Å². The number of aromatic nitrogens is 1. The molecule has 0 N–H and O–H groups in total. The van der Waals surface area contributed by atoms with Crippen LogP contribution in [0.1, 0.15) is 5.56 Å². The van der Waals surface area contributed by atoms with Crippen molar-refractivity contribution in [1.29, 1.82) is 0 Å². The summed E-state index contributed by atoms with van der Waals surface area (Å²) < 4.78 is 2.32. The number of rotatable bonds is 0. The molecule has 0 saturated heterocycles. The van der Waals surface area contributed by atoms with Crippen molar-refractivity contribution in [2.24, 2.45) is 7.05 Å². The molecule has 0 bridgehead atoms. The molecule has 0 fully saturated rings. The number of fused-ring (bicyclic) bond motifs is 5. The number of para-hydroxylation sites is 1. The molecule has 2 heteroatoms. The third kappa shape index (κ3) is 1.24. The van der Waals surface area contributed by atoms with Crippen LogP contribution in [-0.4, -0.2) is 4.57 Å². The van der Waals surface area contributed by atoms with E-state index in [1.807, 2.05) is 11.8 Å². The number of aryl methyl sites for hydroxylation is 1. The minimum atomic E-state index is 1.08. The average molecular weight is 251 g/mol. The fourth-order valence-corrected chi connectivity index (χ4v) is 4.04. The van der Waals surface area contributed by atoms with Crippen molar-refractivity contribution in [2.45, 2.75) is 10.8 Å². The van der Waals surface area contributed by atoms with E-state index in [9.17, 15) is 0 Å². The zero-order chi connectivity index (χ0) is 12.1. The third-order valence-corrected chi connectivity index (χ3v) is 4.91. The van der Waals surface area contributed by atoms with Gasteiger partial charge in [-0.2, -0.15) is 0 Å². The van der Waals surface area contributed by atoms with E-state index in [1.54, 1.807) is 0 Å². The van der Waals surface area contributed by atoms with Crippen LogP contribution in [0.25, 0.3) is 22.0 Å². The fourth-order valence-electron chi connectivity index (χ4n) is 2.84. The van der Waals surface area contributed by atoms with Crippen LogP contribution in [0.4, 0.5) is 0 Å². The van der Waals surface area contributed by atoms with E-state index in [-0.39, 0.29) is 0 Å². The molecule has 2 aromatic carbocycles. The van der Waals surface area contributed by atoms with Crippen molar-refractivity contribution >= 4 is 22.7 Å². The predicted octanol–water partition coefficient (Wildman–Crippen LogP) is 4.45. The first-order chi connectivity index (χ1) is 8.86. The first kappa shape index (κ1) is 10.3. The molecule has 0 atom stereocenters. The van der Waals surface area contributed by atoms with Gasteiger partial charge in [0.1, 0.15) is 0 Å². The van der Waals surface area contributed by atoms with Gasteiger partial charge in [-0.05, 0) is 17.2 Å². The van der Waals surface area contributed by atoms with Crippen LogP contribution in [-0.2, 0) is 12.8 Å². The summed E-state index contributed by atoms with van der Waals surface area (Å²) in [6.45, 7) is 0. The SMILES string of the molecule is Cn1c2c(c3ccccc31)-c1ccccc1CS2. The van der Waals surface area contributed by atoms with Gasteiger partial charge in [0.25, 0.3) is 0 Å². The predicted molar refractivity (Wildman–Crippen MR) is 77.9 cm³/mol. The van der Waals surface area contributed by atoms with Gasteiger partial charge in [-0.1, -0.05) is 42.5 Å². The number of thioether (sulfide) groups is 1. The van der Waals surface area contributed by atoms with Gasteiger partial charge >= 0.3 is 0 Å². The van der Waals surface area contributed by atoms with Crippen LogP contribution in [0.5, 0.6) is 0 Å². The molecule has 0 amide bonds. The van der Waals surface area contributed by atoms with Gasteiger partial charge in [-0.15, -0.1) is 11.8 Å². The van der Waals surface area contributed by atoms with Gasteiger partial charge in [0, 0.05) is 29.3 Å². The second kappa shape index (κ2) is 3.66. The Bertz CT molecular complexity index is 755. The Labute approximate surface area is 110 Å². The second-order valence-electron chi connectivity index (χ2n) is 4.70. The Hall–Kier alpha value is -1.67. The van der Waals surface area contributed by atoms with Crippen molar-refractivity contribution in [2.75, 3.05) is 0 Å². The number of hydrogen-bond donors (Lipinski definition) is 0. The molecular weight excluding hydrogens is 238 g/mol. The minimum Gasteiger partial charge on any atom is -0.338 e. The Morgan fingerprint density at radius 1 is 1.00 bits per heavy atom. The Kier molecular flexibility index (Phi) is 2.09. The summed E-state index contributed by atoms with van der Waals surface area (Å²) in [6.07, 6.45) is 0. The number of nitrogens with zero attached hydrogens (tertiary/aromatic N) is 1. The van der Waals surface area contributed by atoms with Crippen molar-refractivity contribution < 1.29 is 0 Å². The summed E-state index contributed by atoms with van der Waals surface area (Å²) in [7, 11) is 2.17. The van der Waals surface area contributed by atoms with E-state index in [0.29, 0.717) is 0 Å². The van der Waals surface area contributed by atoms with Crippen LogP contribution in [0.3, 0.4) is 0 Å². The quantitative estimate of drug-likeness (QED) is 0.571. The molecule has 4 rings (SSSR count). The summed E-state index contributed by atoms with van der Waals surface area (Å²) >= 11 is 1.95. The zero-order valence-electron chi connectivity index (χ0n) is 10.2. The van der Waals surface area contributed by atoms with Crippen LogP contribution < -0.4 is 0 Å². The highest BCUT2D eigenvalue weighted by atomic mass is 32.2. The highest BCUT2D eigenvalue weighted by Gasteiger charge is 2.22. The lowest BCUT2D eigenvalue weighted by Gasteiger charge is -2.17. The summed E-state index contributed by atoms with van der Waals surface area (Å²) in [5.41, 5.74) is 5.60. The molecule has 18 heavy (non-hydrogen) atoms. The molecule has 0 spiro atoms. The minimum absolute atomic E-state index is 1.08. The fraction of sp³-hybridized carbons (Fsp3) is 0.125. The highest BCUT2D eigenvalue weighted by Crippen LogP contribution is 2.46. The molecule has 88 valence electrons. The average Bonchev–Trinajstić information content (AvgIpc) is 2.73. The summed E-state index contributed by atoms with van der Waals surface area (Å²) in [6, 6.07) is 17.5.